The summed E-state index contributed by atoms with van der Waals surface area (Å²) in [5.41, 5.74) is 1.10. The number of para-hydroxylation sites is 1. The maximum Gasteiger partial charge on any atom is 0.295 e. The van der Waals surface area contributed by atoms with Crippen LogP contribution in [0.15, 0.2) is 58.6 Å². The van der Waals surface area contributed by atoms with Gasteiger partial charge in [-0.2, -0.15) is 4.74 Å². The number of benzene rings is 2. The van der Waals surface area contributed by atoms with Crippen LogP contribution in [0.5, 0.6) is 0 Å². The number of nitrogens with zero attached hydrogens (tertiary/aromatic N) is 3. The number of hydrogen-bond donors (Lipinski definition) is 1. The number of halogens is 1. The summed E-state index contributed by atoms with van der Waals surface area (Å²) in [6.45, 7) is 10.9. The minimum absolute atomic E-state index is 0.0181. The van der Waals surface area contributed by atoms with E-state index in [4.69, 9.17) is 0 Å². The fourth-order valence-electron chi connectivity index (χ4n) is 4.71. The van der Waals surface area contributed by atoms with Crippen LogP contribution in [0.25, 0.3) is 5.76 Å². The van der Waals surface area contributed by atoms with E-state index < -0.39 is 17.7 Å². The van der Waals surface area contributed by atoms with Crippen molar-refractivity contribution >= 4 is 45.8 Å². The first-order valence-corrected chi connectivity index (χ1v) is 13.7. The molecule has 7 nitrogen and oxygen atoms in total. The standard InChI is InChI=1S/C29H36BrN3O4/c1-4-6-17-32(18-7-5-2)19-10-20-33-26(23-11-8-9-12-24(23)31(3)37)25(28(35)29(33)36)27(34)21-13-15-22(30)16-14-21/h8-9,11-16,26,34H,3-7,10,17-20H2,1-2H3/t26-/m0/s1. The maximum absolute atomic E-state index is 13.3. The average Bonchev–Trinajstić information content (AvgIpc) is 3.14. The van der Waals surface area contributed by atoms with Gasteiger partial charge in [0.05, 0.1) is 17.2 Å². The molecule has 8 heteroatoms. The molecule has 0 radical (unpaired) electrons. The van der Waals surface area contributed by atoms with E-state index in [1.807, 2.05) is 0 Å². The molecular weight excluding hydrogens is 534 g/mol. The van der Waals surface area contributed by atoms with Crippen molar-refractivity contribution in [2.45, 2.75) is 52.0 Å². The highest BCUT2D eigenvalue weighted by Crippen LogP contribution is 2.42. The molecule has 0 spiro atoms. The van der Waals surface area contributed by atoms with E-state index in [1.54, 1.807) is 48.5 Å². The molecule has 2 aromatic rings. The third kappa shape index (κ3) is 6.87. The first-order chi connectivity index (χ1) is 17.8. The lowest BCUT2D eigenvalue weighted by molar-refractivity contribution is -0.350. The molecule has 1 fully saturated rings. The van der Waals surface area contributed by atoms with Gasteiger partial charge in [0.1, 0.15) is 12.5 Å². The summed E-state index contributed by atoms with van der Waals surface area (Å²) in [5, 5.41) is 23.5. The van der Waals surface area contributed by atoms with E-state index in [0.29, 0.717) is 28.8 Å². The summed E-state index contributed by atoms with van der Waals surface area (Å²) < 4.78 is 1.30. The number of aliphatic hydroxyl groups is 1. The van der Waals surface area contributed by atoms with E-state index in [0.717, 1.165) is 49.8 Å². The van der Waals surface area contributed by atoms with Crippen molar-refractivity contribution in [3.63, 3.8) is 0 Å². The fraction of sp³-hybridized carbons (Fsp3) is 0.414. The number of aliphatic hydroxyl groups excluding tert-OH is 1. The van der Waals surface area contributed by atoms with Gasteiger partial charge in [-0.3, -0.25) is 9.59 Å². The van der Waals surface area contributed by atoms with Crippen molar-refractivity contribution in [3.05, 3.63) is 74.9 Å². The smallest absolute Gasteiger partial charge is 0.295 e. The average molecular weight is 571 g/mol. The zero-order valence-electron chi connectivity index (χ0n) is 21.7. The first-order valence-electron chi connectivity index (χ1n) is 12.9. The lowest BCUT2D eigenvalue weighted by atomic mass is 9.94. The topological polar surface area (TPSA) is 86.9 Å². The number of ketones is 1. The van der Waals surface area contributed by atoms with E-state index in [-0.39, 0.29) is 17.0 Å². The Morgan fingerprint density at radius 1 is 1.03 bits per heavy atom. The molecule has 1 heterocycles. The van der Waals surface area contributed by atoms with Crippen LogP contribution < -0.4 is 0 Å². The molecule has 0 aliphatic carbocycles. The van der Waals surface area contributed by atoms with Crippen LogP contribution in [-0.2, 0) is 9.59 Å². The molecular formula is C29H36BrN3O4. The van der Waals surface area contributed by atoms with E-state index in [1.165, 1.54) is 4.90 Å². The predicted molar refractivity (Wildman–Crippen MR) is 151 cm³/mol. The highest BCUT2D eigenvalue weighted by molar-refractivity contribution is 9.10. The molecule has 1 aliphatic rings. The summed E-state index contributed by atoms with van der Waals surface area (Å²) in [6, 6.07) is 12.7. The van der Waals surface area contributed by atoms with Gasteiger partial charge in [-0.25, -0.2) is 0 Å². The Bertz CT molecular complexity index is 1140. The van der Waals surface area contributed by atoms with Crippen LogP contribution in [0.1, 0.15) is 63.1 Å². The maximum atomic E-state index is 13.3. The van der Waals surface area contributed by atoms with Gasteiger partial charge in [0.25, 0.3) is 11.7 Å². The summed E-state index contributed by atoms with van der Waals surface area (Å²) in [4.78, 5) is 30.5. The monoisotopic (exact) mass is 569 g/mol. The highest BCUT2D eigenvalue weighted by atomic mass is 79.9. The van der Waals surface area contributed by atoms with Gasteiger partial charge in [-0.1, -0.05) is 66.9 Å². The normalized spacial score (nSPS) is 17.1. The van der Waals surface area contributed by atoms with Crippen LogP contribution in [0.4, 0.5) is 5.69 Å². The zero-order valence-corrected chi connectivity index (χ0v) is 23.2. The van der Waals surface area contributed by atoms with Gasteiger partial charge in [0, 0.05) is 22.6 Å². The molecule has 0 unspecified atom stereocenters. The Hall–Kier alpha value is -2.97. The van der Waals surface area contributed by atoms with Crippen molar-refractivity contribution in [2.24, 2.45) is 0 Å². The van der Waals surface area contributed by atoms with E-state index in [9.17, 15) is 19.9 Å². The molecule has 198 valence electrons. The Kier molecular flexibility index (Phi) is 10.5. The van der Waals surface area contributed by atoms with Gasteiger partial charge >= 0.3 is 0 Å². The molecule has 1 amide bonds. The number of rotatable bonds is 13. The second kappa shape index (κ2) is 13.5. The predicted octanol–water partition coefficient (Wildman–Crippen LogP) is 6.01. The van der Waals surface area contributed by atoms with Gasteiger partial charge in [-0.05, 0) is 57.1 Å². The molecule has 1 N–H and O–H groups in total. The van der Waals surface area contributed by atoms with Crippen LogP contribution in [-0.4, -0.2) is 64.2 Å². The lowest BCUT2D eigenvalue weighted by Gasteiger charge is -2.28. The van der Waals surface area contributed by atoms with Crippen molar-refractivity contribution in [1.82, 2.24) is 9.80 Å². The Morgan fingerprint density at radius 2 is 1.62 bits per heavy atom. The Morgan fingerprint density at radius 3 is 2.22 bits per heavy atom. The molecule has 3 rings (SSSR count). The largest absolute Gasteiger partial charge is 0.619 e. The van der Waals surface area contributed by atoms with Crippen LogP contribution >= 0.6 is 15.9 Å². The second-order valence-electron chi connectivity index (χ2n) is 9.34. The molecule has 0 aromatic heterocycles. The quantitative estimate of drug-likeness (QED) is 0.0607. The van der Waals surface area contributed by atoms with Crippen LogP contribution in [0.3, 0.4) is 0 Å². The SMILES string of the molecule is C=[N+]([O-])c1ccccc1[C@H]1C(=C(O)c2ccc(Br)cc2)C(=O)C(=O)N1CCCN(CCCC)CCCC. The van der Waals surface area contributed by atoms with Crippen LogP contribution in [0, 0.1) is 5.21 Å². The number of unbranched alkanes of at least 4 members (excludes halogenated alkanes) is 2. The number of carbonyl (C=O) groups is 2. The number of amides is 1. The molecule has 0 saturated carbocycles. The van der Waals surface area contributed by atoms with E-state index >= 15 is 0 Å². The lowest BCUT2D eigenvalue weighted by Crippen LogP contribution is -2.34. The molecule has 37 heavy (non-hydrogen) atoms. The third-order valence-corrected chi connectivity index (χ3v) is 7.22. The van der Waals surface area contributed by atoms with Crippen molar-refractivity contribution in [3.8, 4) is 0 Å². The highest BCUT2D eigenvalue weighted by Gasteiger charge is 2.47. The molecule has 1 saturated heterocycles. The number of carbonyl (C=O) groups excluding carboxylic acids is 2. The third-order valence-electron chi connectivity index (χ3n) is 6.69. The van der Waals surface area contributed by atoms with Gasteiger partial charge < -0.3 is 20.1 Å². The number of Topliss-reactive ketones (excluding diaryl/α,β-unsaturated/α-hetero) is 1. The number of likely N-dealkylation sites (tertiary alicyclic amines) is 1. The molecule has 2 aromatic carbocycles. The van der Waals surface area contributed by atoms with Crippen molar-refractivity contribution < 1.29 is 19.4 Å². The summed E-state index contributed by atoms with van der Waals surface area (Å²) in [7, 11) is 0. The van der Waals surface area contributed by atoms with Gasteiger partial charge in [0.2, 0.25) is 5.69 Å². The van der Waals surface area contributed by atoms with Crippen molar-refractivity contribution in [1.29, 1.82) is 0 Å². The van der Waals surface area contributed by atoms with E-state index in [2.05, 4.69) is 41.4 Å². The molecule has 1 aliphatic heterocycles. The minimum atomic E-state index is -0.891. The second-order valence-corrected chi connectivity index (χ2v) is 10.3. The minimum Gasteiger partial charge on any atom is -0.619 e. The summed E-state index contributed by atoms with van der Waals surface area (Å²) >= 11 is 3.38. The van der Waals surface area contributed by atoms with Crippen LogP contribution in [0.2, 0.25) is 0 Å². The zero-order chi connectivity index (χ0) is 26.9. The molecule has 0 bridgehead atoms. The summed E-state index contributed by atoms with van der Waals surface area (Å²) in [6.07, 6.45) is 5.11. The summed E-state index contributed by atoms with van der Waals surface area (Å²) in [5.74, 6) is -1.69. The van der Waals surface area contributed by atoms with Gasteiger partial charge in [-0.15, -0.1) is 0 Å². The Balaban J connectivity index is 1.99. The first kappa shape index (κ1) is 28.6. The fourth-order valence-corrected chi connectivity index (χ4v) is 4.97. The van der Waals surface area contributed by atoms with Gasteiger partial charge in [0.15, 0.2) is 0 Å². The number of hydrogen-bond acceptors (Lipinski definition) is 5. The Labute approximate surface area is 227 Å². The van der Waals surface area contributed by atoms with Crippen molar-refractivity contribution in [2.75, 3.05) is 26.2 Å². The molecule has 1 atom stereocenters.